The zero-order chi connectivity index (χ0) is 10.3. The highest BCUT2D eigenvalue weighted by Gasteiger charge is 2.49. The standard InChI is InChI=1S/C14H24/c1-5-12-11(3)9-13-10(2)7-6-8-14(12,13)4/h5,10-11,13H,6-9H2,1-4H3/b12-5+/t10-,11+,13?,14+/m0/s1. The molecule has 0 saturated heterocycles. The van der Waals surface area contributed by atoms with Gasteiger partial charge >= 0.3 is 0 Å². The lowest BCUT2D eigenvalue weighted by Crippen LogP contribution is -2.32. The zero-order valence-electron chi connectivity index (χ0n) is 10.1. The van der Waals surface area contributed by atoms with Crippen LogP contribution in [0.15, 0.2) is 11.6 Å². The summed E-state index contributed by atoms with van der Waals surface area (Å²) in [5.74, 6) is 2.77. The Morgan fingerprint density at radius 3 is 2.71 bits per heavy atom. The maximum atomic E-state index is 2.52. The van der Waals surface area contributed by atoms with Crippen molar-refractivity contribution in [2.24, 2.45) is 23.2 Å². The Labute approximate surface area is 88.8 Å². The fourth-order valence-electron chi connectivity index (χ4n) is 4.34. The largest absolute Gasteiger partial charge is 0.0876 e. The van der Waals surface area contributed by atoms with Crippen molar-refractivity contribution >= 4 is 0 Å². The SMILES string of the molecule is C/C=C1\[C@H](C)CC2[C@@H](C)CCC[C@]12C. The molecule has 0 radical (unpaired) electrons. The van der Waals surface area contributed by atoms with Crippen molar-refractivity contribution in [1.82, 2.24) is 0 Å². The van der Waals surface area contributed by atoms with Gasteiger partial charge in [-0.25, -0.2) is 0 Å². The first-order valence-corrected chi connectivity index (χ1v) is 6.26. The van der Waals surface area contributed by atoms with E-state index < -0.39 is 0 Å². The third-order valence-electron chi connectivity index (χ3n) is 4.97. The minimum absolute atomic E-state index is 0.561. The molecule has 0 amide bonds. The lowest BCUT2D eigenvalue weighted by molar-refractivity contribution is 0.126. The highest BCUT2D eigenvalue weighted by atomic mass is 14.5. The second-order valence-electron chi connectivity index (χ2n) is 5.77. The number of hydrogen-bond acceptors (Lipinski definition) is 0. The van der Waals surface area contributed by atoms with Crippen LogP contribution in [0.4, 0.5) is 0 Å². The number of fused-ring (bicyclic) bond motifs is 1. The summed E-state index contributed by atoms with van der Waals surface area (Å²) in [6.45, 7) is 9.64. The highest BCUT2D eigenvalue weighted by Crippen LogP contribution is 2.59. The van der Waals surface area contributed by atoms with E-state index in [1.807, 2.05) is 0 Å². The average Bonchev–Trinajstić information content (AvgIpc) is 2.38. The van der Waals surface area contributed by atoms with Gasteiger partial charge in [0.25, 0.3) is 0 Å². The Bertz CT molecular complexity index is 251. The van der Waals surface area contributed by atoms with Crippen LogP contribution in [0.25, 0.3) is 0 Å². The van der Waals surface area contributed by atoms with Crippen LogP contribution in [0.3, 0.4) is 0 Å². The molecule has 0 aliphatic heterocycles. The van der Waals surface area contributed by atoms with Crippen LogP contribution in [0.2, 0.25) is 0 Å². The van der Waals surface area contributed by atoms with Gasteiger partial charge in [0.1, 0.15) is 0 Å². The summed E-state index contributed by atoms with van der Waals surface area (Å²) in [7, 11) is 0. The third kappa shape index (κ3) is 1.26. The van der Waals surface area contributed by atoms with E-state index in [2.05, 4.69) is 33.8 Å². The van der Waals surface area contributed by atoms with E-state index in [-0.39, 0.29) is 0 Å². The van der Waals surface area contributed by atoms with Crippen LogP contribution in [0, 0.1) is 23.2 Å². The van der Waals surface area contributed by atoms with Crippen molar-refractivity contribution in [3.63, 3.8) is 0 Å². The molecule has 0 aromatic heterocycles. The molecule has 0 heterocycles. The van der Waals surface area contributed by atoms with Crippen LogP contribution in [-0.2, 0) is 0 Å². The Kier molecular flexibility index (Phi) is 2.49. The molecule has 2 fully saturated rings. The summed E-state index contributed by atoms with van der Waals surface area (Å²) in [5.41, 5.74) is 2.32. The minimum Gasteiger partial charge on any atom is -0.0876 e. The molecule has 4 atom stereocenters. The van der Waals surface area contributed by atoms with E-state index in [4.69, 9.17) is 0 Å². The van der Waals surface area contributed by atoms with E-state index in [1.165, 1.54) is 25.7 Å². The summed E-state index contributed by atoms with van der Waals surface area (Å²) in [6.07, 6.45) is 8.19. The van der Waals surface area contributed by atoms with Gasteiger partial charge in [-0.05, 0) is 42.9 Å². The summed E-state index contributed by atoms with van der Waals surface area (Å²) in [6, 6.07) is 0. The van der Waals surface area contributed by atoms with Crippen LogP contribution < -0.4 is 0 Å². The Balaban J connectivity index is 2.34. The van der Waals surface area contributed by atoms with Gasteiger partial charge in [0.2, 0.25) is 0 Å². The van der Waals surface area contributed by atoms with Gasteiger partial charge in [0, 0.05) is 0 Å². The van der Waals surface area contributed by atoms with E-state index in [0.717, 1.165) is 17.8 Å². The van der Waals surface area contributed by atoms with Crippen LogP contribution in [0.5, 0.6) is 0 Å². The summed E-state index contributed by atoms with van der Waals surface area (Å²) < 4.78 is 0. The molecule has 0 aromatic rings. The number of hydrogen-bond donors (Lipinski definition) is 0. The van der Waals surface area contributed by atoms with Gasteiger partial charge in [0.15, 0.2) is 0 Å². The summed E-state index contributed by atoms with van der Waals surface area (Å²) >= 11 is 0. The Morgan fingerprint density at radius 2 is 2.07 bits per heavy atom. The molecule has 1 unspecified atom stereocenters. The monoisotopic (exact) mass is 192 g/mol. The Morgan fingerprint density at radius 1 is 1.36 bits per heavy atom. The number of allylic oxidation sites excluding steroid dienone is 2. The van der Waals surface area contributed by atoms with Crippen molar-refractivity contribution in [3.8, 4) is 0 Å². The van der Waals surface area contributed by atoms with Gasteiger partial charge in [0.05, 0.1) is 0 Å². The van der Waals surface area contributed by atoms with Gasteiger partial charge in [-0.3, -0.25) is 0 Å². The van der Waals surface area contributed by atoms with E-state index in [9.17, 15) is 0 Å². The lowest BCUT2D eigenvalue weighted by atomic mass is 9.63. The van der Waals surface area contributed by atoms with Crippen molar-refractivity contribution in [1.29, 1.82) is 0 Å². The van der Waals surface area contributed by atoms with Crippen molar-refractivity contribution in [3.05, 3.63) is 11.6 Å². The maximum absolute atomic E-state index is 2.52. The molecular formula is C14H24. The van der Waals surface area contributed by atoms with Gasteiger partial charge in [-0.2, -0.15) is 0 Å². The molecule has 2 aliphatic carbocycles. The van der Waals surface area contributed by atoms with Crippen molar-refractivity contribution in [2.75, 3.05) is 0 Å². The second-order valence-corrected chi connectivity index (χ2v) is 5.77. The topological polar surface area (TPSA) is 0 Å². The van der Waals surface area contributed by atoms with Crippen LogP contribution in [-0.4, -0.2) is 0 Å². The molecule has 2 aliphatic rings. The molecule has 0 nitrogen and oxygen atoms in total. The lowest BCUT2D eigenvalue weighted by Gasteiger charge is -2.41. The van der Waals surface area contributed by atoms with Crippen LogP contribution in [0.1, 0.15) is 53.4 Å². The van der Waals surface area contributed by atoms with Crippen molar-refractivity contribution < 1.29 is 0 Å². The molecule has 0 heteroatoms. The molecule has 2 rings (SSSR count). The molecular weight excluding hydrogens is 168 g/mol. The first-order valence-electron chi connectivity index (χ1n) is 6.26. The molecule has 80 valence electrons. The normalized spacial score (nSPS) is 50.9. The average molecular weight is 192 g/mol. The quantitative estimate of drug-likeness (QED) is 0.499. The molecule has 0 bridgehead atoms. The molecule has 2 saturated carbocycles. The second kappa shape index (κ2) is 3.40. The first-order chi connectivity index (χ1) is 6.59. The minimum atomic E-state index is 0.561. The predicted molar refractivity (Wildman–Crippen MR) is 62.2 cm³/mol. The van der Waals surface area contributed by atoms with E-state index in [0.29, 0.717) is 5.41 Å². The fourth-order valence-corrected chi connectivity index (χ4v) is 4.34. The fraction of sp³-hybridized carbons (Fsp3) is 0.857. The van der Waals surface area contributed by atoms with Gasteiger partial charge in [-0.15, -0.1) is 0 Å². The van der Waals surface area contributed by atoms with E-state index >= 15 is 0 Å². The van der Waals surface area contributed by atoms with Crippen molar-refractivity contribution in [2.45, 2.75) is 53.4 Å². The predicted octanol–water partition coefficient (Wildman–Crippen LogP) is 4.42. The third-order valence-corrected chi connectivity index (χ3v) is 4.97. The number of rotatable bonds is 0. The van der Waals surface area contributed by atoms with Crippen LogP contribution >= 0.6 is 0 Å². The smallest absolute Gasteiger partial charge is 0.00828 e. The zero-order valence-corrected chi connectivity index (χ0v) is 10.1. The molecule has 0 spiro atoms. The first kappa shape index (κ1) is 10.3. The molecule has 0 aromatic carbocycles. The molecule has 0 N–H and O–H groups in total. The van der Waals surface area contributed by atoms with Gasteiger partial charge in [-0.1, -0.05) is 45.3 Å². The van der Waals surface area contributed by atoms with E-state index in [1.54, 1.807) is 5.57 Å². The Hall–Kier alpha value is -0.260. The summed E-state index contributed by atoms with van der Waals surface area (Å²) in [5, 5.41) is 0. The molecule has 14 heavy (non-hydrogen) atoms. The van der Waals surface area contributed by atoms with Gasteiger partial charge < -0.3 is 0 Å². The highest BCUT2D eigenvalue weighted by molar-refractivity contribution is 5.24. The summed E-state index contributed by atoms with van der Waals surface area (Å²) in [4.78, 5) is 0. The maximum Gasteiger partial charge on any atom is -0.00828 e.